The zero-order chi connectivity index (χ0) is 17.6. The smallest absolute Gasteiger partial charge is 0.308 e. The molecular weight excluding hydrogens is 330 g/mol. The van der Waals surface area contributed by atoms with E-state index in [0.717, 1.165) is 10.8 Å². The van der Waals surface area contributed by atoms with Crippen molar-refractivity contribution < 1.29 is 30.0 Å². The van der Waals surface area contributed by atoms with Gasteiger partial charge in [-0.1, -0.05) is 0 Å². The van der Waals surface area contributed by atoms with Crippen LogP contribution in [0, 0.1) is 4.77 Å². The molecule has 0 amide bonds. The van der Waals surface area contributed by atoms with Gasteiger partial charge in [-0.2, -0.15) is 0 Å². The van der Waals surface area contributed by atoms with Gasteiger partial charge in [0.15, 0.2) is 16.2 Å². The van der Waals surface area contributed by atoms with E-state index in [1.807, 2.05) is 0 Å². The van der Waals surface area contributed by atoms with Crippen LogP contribution in [0.3, 0.4) is 0 Å². The monoisotopic (exact) mass is 347 g/mol. The second kappa shape index (κ2) is 5.78. The molecule has 0 unspecified atom stereocenters. The molecule has 0 spiro atoms. The molecule has 1 aliphatic heterocycles. The summed E-state index contributed by atoms with van der Waals surface area (Å²) < 4.78 is 6.31. The summed E-state index contributed by atoms with van der Waals surface area (Å²) in [5.74, 6) is -1.24. The minimum atomic E-state index is -2.35. The summed E-state index contributed by atoms with van der Waals surface area (Å²) in [6, 6.07) is 0. The molecule has 2 rings (SSSR count). The number of nitrogens with two attached hydrogens (primary N) is 1. The van der Waals surface area contributed by atoms with Gasteiger partial charge >= 0.3 is 5.97 Å². The van der Waals surface area contributed by atoms with Crippen molar-refractivity contribution >= 4 is 18.2 Å². The molecule has 1 saturated heterocycles. The van der Waals surface area contributed by atoms with Crippen molar-refractivity contribution in [1.29, 1.82) is 0 Å². The second-order valence-electron chi connectivity index (χ2n) is 5.45. The highest BCUT2D eigenvalue weighted by atomic mass is 32.1. The first-order valence-corrected chi connectivity index (χ1v) is 7.00. The van der Waals surface area contributed by atoms with Gasteiger partial charge in [-0.3, -0.25) is 24.9 Å². The molecule has 7 N–H and O–H groups in total. The van der Waals surface area contributed by atoms with Crippen LogP contribution in [-0.2, 0) is 21.7 Å². The number of carboxylic acid groups (broad SMARTS) is 1. The van der Waals surface area contributed by atoms with Gasteiger partial charge in [0.1, 0.15) is 12.2 Å². The molecule has 1 aromatic rings. The number of aromatic amines is 1. The standard InChI is InChI=1S/C12H17N3O7S/c1-11(12(13,21)8(19)6(4-16)22-11)15-3-5(2-7(17)18)9(20)14-10(15)23/h3,6,8,16,19,21H,2,4,13H2,1H3,(H,17,18)(H,14,20,23)/t6-,8-,11-,12-/m1/s1. The molecule has 1 aromatic heterocycles. The molecule has 0 saturated carbocycles. The maximum atomic E-state index is 11.8. The highest BCUT2D eigenvalue weighted by molar-refractivity contribution is 7.71. The number of aliphatic carboxylic acids is 1. The molecule has 0 radical (unpaired) electrons. The van der Waals surface area contributed by atoms with E-state index in [4.69, 9.17) is 27.8 Å². The lowest BCUT2D eigenvalue weighted by Crippen LogP contribution is -2.63. The van der Waals surface area contributed by atoms with Crippen molar-refractivity contribution in [2.24, 2.45) is 5.73 Å². The second-order valence-corrected chi connectivity index (χ2v) is 5.83. The summed E-state index contributed by atoms with van der Waals surface area (Å²) in [5.41, 5.74) is 0.718. The molecule has 11 heteroatoms. The van der Waals surface area contributed by atoms with Crippen LogP contribution >= 0.6 is 12.2 Å². The number of carbonyl (C=O) groups is 1. The SMILES string of the molecule is C[C@@]1(n2cc(CC(=O)O)c(=O)[nH]c2=S)O[C@H](CO)[C@@H](O)[C@@]1(N)O. The quantitative estimate of drug-likeness (QED) is 0.257. The fourth-order valence-electron chi connectivity index (χ4n) is 2.51. The summed E-state index contributed by atoms with van der Waals surface area (Å²) in [6.07, 6.45) is -2.31. The lowest BCUT2D eigenvalue weighted by atomic mass is 9.96. The number of aliphatic hydroxyl groups is 3. The normalized spacial score (nSPS) is 33.8. The molecule has 10 nitrogen and oxygen atoms in total. The first-order valence-electron chi connectivity index (χ1n) is 6.59. The molecule has 4 atom stereocenters. The largest absolute Gasteiger partial charge is 0.481 e. The number of nitrogens with one attached hydrogen (secondary N) is 1. The minimum Gasteiger partial charge on any atom is -0.481 e. The third kappa shape index (κ3) is 2.71. The van der Waals surface area contributed by atoms with E-state index < -0.39 is 48.2 Å². The van der Waals surface area contributed by atoms with Crippen molar-refractivity contribution in [2.45, 2.75) is 37.0 Å². The van der Waals surface area contributed by atoms with E-state index in [0.29, 0.717) is 0 Å². The lowest BCUT2D eigenvalue weighted by Gasteiger charge is -2.37. The van der Waals surface area contributed by atoms with Crippen LogP contribution in [0.2, 0.25) is 0 Å². The van der Waals surface area contributed by atoms with Crippen LogP contribution in [0.15, 0.2) is 11.0 Å². The van der Waals surface area contributed by atoms with Crippen molar-refractivity contribution in [2.75, 3.05) is 6.61 Å². The van der Waals surface area contributed by atoms with Gasteiger partial charge in [-0.15, -0.1) is 0 Å². The van der Waals surface area contributed by atoms with Gasteiger partial charge in [0.2, 0.25) is 0 Å². The predicted molar refractivity (Wildman–Crippen MR) is 78.0 cm³/mol. The van der Waals surface area contributed by atoms with E-state index in [1.54, 1.807) is 0 Å². The maximum Gasteiger partial charge on any atom is 0.308 e. The zero-order valence-electron chi connectivity index (χ0n) is 12.1. The van der Waals surface area contributed by atoms with Gasteiger partial charge in [-0.25, -0.2) is 0 Å². The van der Waals surface area contributed by atoms with Gasteiger partial charge in [-0.05, 0) is 19.1 Å². The Labute approximate surface area is 134 Å². The summed E-state index contributed by atoms with van der Waals surface area (Å²) in [4.78, 5) is 24.9. The molecule has 1 aliphatic rings. The number of aromatic nitrogens is 2. The molecule has 0 aliphatic carbocycles. The molecular formula is C12H17N3O7S. The average molecular weight is 347 g/mol. The molecule has 128 valence electrons. The van der Waals surface area contributed by atoms with Crippen LogP contribution in [-0.4, -0.2) is 60.5 Å². The Hall–Kier alpha value is -1.63. The van der Waals surface area contributed by atoms with Crippen LogP contribution < -0.4 is 11.3 Å². The van der Waals surface area contributed by atoms with Crippen molar-refractivity contribution in [3.05, 3.63) is 26.9 Å². The van der Waals surface area contributed by atoms with Crippen molar-refractivity contribution in [1.82, 2.24) is 9.55 Å². The lowest BCUT2D eigenvalue weighted by molar-refractivity contribution is -0.183. The van der Waals surface area contributed by atoms with Crippen LogP contribution in [0.5, 0.6) is 0 Å². The third-order valence-electron chi connectivity index (χ3n) is 3.92. The highest BCUT2D eigenvalue weighted by Crippen LogP contribution is 2.40. The fourth-order valence-corrected chi connectivity index (χ4v) is 2.83. The van der Waals surface area contributed by atoms with Gasteiger partial charge in [0.05, 0.1) is 13.0 Å². The van der Waals surface area contributed by atoms with Gasteiger partial charge in [0.25, 0.3) is 5.56 Å². The number of hydrogen-bond donors (Lipinski definition) is 6. The number of ether oxygens (including phenoxy) is 1. The van der Waals surface area contributed by atoms with E-state index >= 15 is 0 Å². The summed E-state index contributed by atoms with van der Waals surface area (Å²) in [6.45, 7) is 0.680. The number of aliphatic hydroxyl groups excluding tert-OH is 2. The minimum absolute atomic E-state index is 0.145. The Bertz CT molecular complexity index is 743. The predicted octanol–water partition coefficient (Wildman–Crippen LogP) is -2.40. The summed E-state index contributed by atoms with van der Waals surface area (Å²) >= 11 is 5.01. The van der Waals surface area contributed by atoms with E-state index in [-0.39, 0.29) is 10.3 Å². The number of hydrogen-bond acceptors (Lipinski definition) is 8. The van der Waals surface area contributed by atoms with Gasteiger partial charge in [0, 0.05) is 11.8 Å². The van der Waals surface area contributed by atoms with Crippen LogP contribution in [0.1, 0.15) is 12.5 Å². The van der Waals surface area contributed by atoms with E-state index in [9.17, 15) is 24.9 Å². The Balaban J connectivity index is 2.63. The Morgan fingerprint density at radius 1 is 1.61 bits per heavy atom. The first-order chi connectivity index (χ1) is 10.5. The van der Waals surface area contributed by atoms with Gasteiger partial charge < -0.3 is 25.2 Å². The molecule has 0 aromatic carbocycles. The van der Waals surface area contributed by atoms with E-state index in [2.05, 4.69) is 4.98 Å². The first kappa shape index (κ1) is 17.7. The number of H-pyrrole nitrogens is 1. The summed E-state index contributed by atoms with van der Waals surface area (Å²) in [7, 11) is 0. The Kier molecular flexibility index (Phi) is 4.45. The Morgan fingerprint density at radius 2 is 2.22 bits per heavy atom. The average Bonchev–Trinajstić information content (AvgIpc) is 2.62. The topological polar surface area (TPSA) is 171 Å². The fraction of sp³-hybridized carbons (Fsp3) is 0.583. The highest BCUT2D eigenvalue weighted by Gasteiger charge is 2.62. The van der Waals surface area contributed by atoms with E-state index in [1.165, 1.54) is 6.92 Å². The molecule has 1 fully saturated rings. The zero-order valence-corrected chi connectivity index (χ0v) is 12.9. The molecule has 23 heavy (non-hydrogen) atoms. The van der Waals surface area contributed by atoms with Crippen LogP contribution in [0.25, 0.3) is 0 Å². The number of rotatable bonds is 4. The molecule has 0 bridgehead atoms. The molecule has 2 heterocycles. The maximum absolute atomic E-state index is 11.8. The summed E-state index contributed by atoms with van der Waals surface area (Å²) in [5, 5.41) is 38.5. The Morgan fingerprint density at radius 3 is 2.70 bits per heavy atom. The number of carboxylic acids is 1. The van der Waals surface area contributed by atoms with Crippen molar-refractivity contribution in [3.8, 4) is 0 Å². The third-order valence-corrected chi connectivity index (χ3v) is 4.22. The van der Waals surface area contributed by atoms with Crippen molar-refractivity contribution in [3.63, 3.8) is 0 Å². The number of nitrogens with zero attached hydrogens (tertiary/aromatic N) is 1. The van der Waals surface area contributed by atoms with Crippen LogP contribution in [0.4, 0.5) is 0 Å².